The molecule has 2 aliphatic heterocycles. The van der Waals surface area contributed by atoms with Crippen LogP contribution in [0.5, 0.6) is 0 Å². The number of aromatic nitrogens is 3. The molecule has 0 saturated carbocycles. The summed E-state index contributed by atoms with van der Waals surface area (Å²) in [5, 5.41) is 13.0. The molecule has 0 radical (unpaired) electrons. The van der Waals surface area contributed by atoms with Gasteiger partial charge in [-0.2, -0.15) is 0 Å². The number of nitrogens with zero attached hydrogens (tertiary/aromatic N) is 5. The predicted octanol–water partition coefficient (Wildman–Crippen LogP) is 1.55. The van der Waals surface area contributed by atoms with Crippen molar-refractivity contribution < 1.29 is 19.4 Å². The fourth-order valence-corrected chi connectivity index (χ4v) is 4.43. The number of anilines is 2. The van der Waals surface area contributed by atoms with Crippen molar-refractivity contribution in [2.75, 3.05) is 62.8 Å². The molecule has 2 aliphatic rings. The van der Waals surface area contributed by atoms with E-state index in [-0.39, 0.29) is 12.0 Å². The fraction of sp³-hybridized carbons (Fsp3) is 0.440. The summed E-state index contributed by atoms with van der Waals surface area (Å²) in [6.07, 6.45) is 2.07. The van der Waals surface area contributed by atoms with Crippen LogP contribution in [0.1, 0.15) is 6.92 Å². The van der Waals surface area contributed by atoms with Gasteiger partial charge in [-0.3, -0.25) is 9.78 Å². The van der Waals surface area contributed by atoms with Gasteiger partial charge in [0.25, 0.3) is 5.91 Å². The number of hydrogen-bond donors (Lipinski definition) is 2. The quantitative estimate of drug-likeness (QED) is 0.545. The molecule has 35 heavy (non-hydrogen) atoms. The number of benzene rings is 1. The normalized spacial score (nSPS) is 19.5. The molecule has 2 N–H and O–H groups in total. The topological polar surface area (TPSA) is 113 Å². The zero-order chi connectivity index (χ0) is 24.2. The third-order valence-electron chi connectivity index (χ3n) is 6.30. The summed E-state index contributed by atoms with van der Waals surface area (Å²) in [6, 6.07) is 10.3. The molecule has 5 rings (SSSR count). The SMILES string of the molecule is CC(O)C(=O)N1CCOC(CNc2nc(-c3ccc(N4CCOCC4)cc3)cc3nccnc23)C1. The molecule has 3 aromatic rings. The highest BCUT2D eigenvalue weighted by atomic mass is 16.5. The summed E-state index contributed by atoms with van der Waals surface area (Å²) in [7, 11) is 0. The van der Waals surface area contributed by atoms with Crippen molar-refractivity contribution in [3.63, 3.8) is 0 Å². The van der Waals surface area contributed by atoms with E-state index >= 15 is 0 Å². The number of hydrogen-bond acceptors (Lipinski definition) is 9. The maximum Gasteiger partial charge on any atom is 0.251 e. The molecule has 2 unspecified atom stereocenters. The number of aliphatic hydroxyl groups is 1. The van der Waals surface area contributed by atoms with Gasteiger partial charge in [-0.15, -0.1) is 0 Å². The average Bonchev–Trinajstić information content (AvgIpc) is 2.92. The van der Waals surface area contributed by atoms with Gasteiger partial charge in [0.2, 0.25) is 0 Å². The van der Waals surface area contributed by atoms with Crippen LogP contribution in [0.3, 0.4) is 0 Å². The van der Waals surface area contributed by atoms with Crippen molar-refractivity contribution in [3.05, 3.63) is 42.7 Å². The molecule has 0 bridgehead atoms. The molecule has 2 saturated heterocycles. The van der Waals surface area contributed by atoms with Gasteiger partial charge >= 0.3 is 0 Å². The van der Waals surface area contributed by atoms with Crippen molar-refractivity contribution >= 4 is 28.4 Å². The van der Waals surface area contributed by atoms with Crippen molar-refractivity contribution in [1.29, 1.82) is 0 Å². The number of aliphatic hydroxyl groups excluding tert-OH is 1. The summed E-state index contributed by atoms with van der Waals surface area (Å²) >= 11 is 0. The van der Waals surface area contributed by atoms with E-state index in [9.17, 15) is 9.90 Å². The van der Waals surface area contributed by atoms with Gasteiger partial charge in [0.1, 0.15) is 11.6 Å². The average molecular weight is 479 g/mol. The Morgan fingerprint density at radius 3 is 2.69 bits per heavy atom. The summed E-state index contributed by atoms with van der Waals surface area (Å²) < 4.78 is 11.3. The first-order valence-corrected chi connectivity index (χ1v) is 12.0. The molecular weight excluding hydrogens is 448 g/mol. The predicted molar refractivity (Wildman–Crippen MR) is 132 cm³/mol. The molecule has 1 amide bonds. The number of morpholine rings is 2. The molecule has 10 heteroatoms. The minimum Gasteiger partial charge on any atom is -0.384 e. The molecular formula is C25H30N6O4. The number of ether oxygens (including phenoxy) is 2. The summed E-state index contributed by atoms with van der Waals surface area (Å²) in [6.45, 7) is 6.51. The summed E-state index contributed by atoms with van der Waals surface area (Å²) in [4.78, 5) is 30.0. The Bertz CT molecular complexity index is 1170. The molecule has 2 aromatic heterocycles. The third kappa shape index (κ3) is 5.34. The lowest BCUT2D eigenvalue weighted by Crippen LogP contribution is -2.50. The summed E-state index contributed by atoms with van der Waals surface area (Å²) in [5.41, 5.74) is 4.37. The number of nitrogens with one attached hydrogen (secondary N) is 1. The Labute approximate surface area is 203 Å². The maximum absolute atomic E-state index is 12.2. The number of carbonyl (C=O) groups is 1. The first kappa shape index (κ1) is 23.4. The van der Waals surface area contributed by atoms with E-state index in [0.29, 0.717) is 37.6 Å². The highest BCUT2D eigenvalue weighted by molar-refractivity contribution is 5.88. The second-order valence-electron chi connectivity index (χ2n) is 8.76. The summed E-state index contributed by atoms with van der Waals surface area (Å²) in [5.74, 6) is 0.334. The fourth-order valence-electron chi connectivity index (χ4n) is 4.43. The van der Waals surface area contributed by atoms with Gasteiger partial charge in [0.05, 0.1) is 37.1 Å². The van der Waals surface area contributed by atoms with Crippen molar-refractivity contribution in [3.8, 4) is 11.3 Å². The Morgan fingerprint density at radius 2 is 1.91 bits per heavy atom. The van der Waals surface area contributed by atoms with Crippen molar-refractivity contribution in [2.45, 2.75) is 19.1 Å². The number of amides is 1. The van der Waals surface area contributed by atoms with Crippen LogP contribution in [0.15, 0.2) is 42.7 Å². The Balaban J connectivity index is 1.35. The Kier molecular flexibility index (Phi) is 7.03. The smallest absolute Gasteiger partial charge is 0.251 e. The first-order valence-electron chi connectivity index (χ1n) is 12.0. The van der Waals surface area contributed by atoms with Crippen molar-refractivity contribution in [1.82, 2.24) is 19.9 Å². The molecule has 2 fully saturated rings. The molecule has 0 spiro atoms. The number of pyridine rings is 1. The number of carbonyl (C=O) groups excluding carboxylic acids is 1. The van der Waals surface area contributed by atoms with E-state index in [1.54, 1.807) is 17.3 Å². The molecule has 1 aromatic carbocycles. The monoisotopic (exact) mass is 478 g/mol. The molecule has 10 nitrogen and oxygen atoms in total. The van der Waals surface area contributed by atoms with Crippen molar-refractivity contribution in [2.24, 2.45) is 0 Å². The van der Waals surface area contributed by atoms with E-state index in [1.807, 2.05) is 6.07 Å². The van der Waals surface area contributed by atoms with Gasteiger partial charge in [0.15, 0.2) is 5.82 Å². The van der Waals surface area contributed by atoms with Gasteiger partial charge < -0.3 is 29.7 Å². The van der Waals surface area contributed by atoms with Gasteiger partial charge in [0, 0.05) is 56.4 Å². The number of fused-ring (bicyclic) bond motifs is 1. The van der Waals surface area contributed by atoms with E-state index in [2.05, 4.69) is 44.5 Å². The largest absolute Gasteiger partial charge is 0.384 e. The minimum atomic E-state index is -1.02. The minimum absolute atomic E-state index is 0.226. The van der Waals surface area contributed by atoms with E-state index in [0.717, 1.165) is 43.1 Å². The van der Waals surface area contributed by atoms with Crippen LogP contribution >= 0.6 is 0 Å². The lowest BCUT2D eigenvalue weighted by atomic mass is 10.1. The van der Waals surface area contributed by atoms with Crippen LogP contribution in [0.2, 0.25) is 0 Å². The van der Waals surface area contributed by atoms with Gasteiger partial charge in [-0.25, -0.2) is 9.97 Å². The molecule has 2 atom stereocenters. The highest BCUT2D eigenvalue weighted by Gasteiger charge is 2.26. The van der Waals surface area contributed by atoms with E-state index in [1.165, 1.54) is 12.6 Å². The highest BCUT2D eigenvalue weighted by Crippen LogP contribution is 2.27. The second-order valence-corrected chi connectivity index (χ2v) is 8.76. The van der Waals surface area contributed by atoms with Gasteiger partial charge in [-0.05, 0) is 25.1 Å². The van der Waals surface area contributed by atoms with Crippen LogP contribution in [-0.2, 0) is 14.3 Å². The third-order valence-corrected chi connectivity index (χ3v) is 6.30. The standard InChI is InChI=1S/C25H30N6O4/c1-17(32)25(33)31-10-13-35-20(16-31)15-28-24-23-22(26-6-7-27-23)14-21(29-24)18-2-4-19(5-3-18)30-8-11-34-12-9-30/h2-7,14,17,20,32H,8-13,15-16H2,1H3,(H,28,29). The second kappa shape index (κ2) is 10.5. The lowest BCUT2D eigenvalue weighted by Gasteiger charge is -2.33. The number of rotatable bonds is 6. The lowest BCUT2D eigenvalue weighted by molar-refractivity contribution is -0.146. The maximum atomic E-state index is 12.2. The van der Waals surface area contributed by atoms with Crippen LogP contribution in [0, 0.1) is 0 Å². The first-order chi connectivity index (χ1) is 17.1. The molecule has 4 heterocycles. The van der Waals surface area contributed by atoms with Gasteiger partial charge in [-0.1, -0.05) is 12.1 Å². The van der Waals surface area contributed by atoms with Crippen LogP contribution < -0.4 is 10.2 Å². The molecule has 0 aliphatic carbocycles. The van der Waals surface area contributed by atoms with E-state index in [4.69, 9.17) is 14.5 Å². The van der Waals surface area contributed by atoms with Crippen LogP contribution in [0.4, 0.5) is 11.5 Å². The van der Waals surface area contributed by atoms with Crippen LogP contribution in [0.25, 0.3) is 22.3 Å². The molecule has 184 valence electrons. The Morgan fingerprint density at radius 1 is 1.14 bits per heavy atom. The van der Waals surface area contributed by atoms with E-state index < -0.39 is 6.10 Å². The zero-order valence-corrected chi connectivity index (χ0v) is 19.8. The zero-order valence-electron chi connectivity index (χ0n) is 19.8. The Hall–Kier alpha value is -3.34. The van der Waals surface area contributed by atoms with Crippen LogP contribution in [-0.4, -0.2) is 95.6 Å².